The van der Waals surface area contributed by atoms with Gasteiger partial charge in [0.15, 0.2) is 0 Å². The lowest BCUT2D eigenvalue weighted by Crippen LogP contribution is -2.46. The van der Waals surface area contributed by atoms with Crippen LogP contribution in [0, 0.1) is 0 Å². The van der Waals surface area contributed by atoms with E-state index in [4.69, 9.17) is 14.2 Å². The van der Waals surface area contributed by atoms with Crippen molar-refractivity contribution in [1.29, 1.82) is 0 Å². The molecular formula is C28H26N4O3S. The zero-order valence-corrected chi connectivity index (χ0v) is 21.1. The monoisotopic (exact) mass is 498 g/mol. The van der Waals surface area contributed by atoms with Crippen molar-refractivity contribution in [2.75, 3.05) is 17.8 Å². The number of urea groups is 1. The number of amides is 2. The Bertz CT molecular complexity index is 1380. The number of aromatic nitrogens is 2. The summed E-state index contributed by atoms with van der Waals surface area (Å²) in [6, 6.07) is 24.6. The average molecular weight is 499 g/mol. The molecule has 3 aromatic carbocycles. The molecular weight excluding hydrogens is 472 g/mol. The first-order valence-electron chi connectivity index (χ1n) is 11.7. The second-order valence-corrected chi connectivity index (χ2v) is 9.09. The Kier molecular flexibility index (Phi) is 6.77. The molecule has 0 radical (unpaired) electrons. The Morgan fingerprint density at radius 3 is 2.42 bits per heavy atom. The maximum atomic E-state index is 13.3. The molecule has 8 heteroatoms. The Hall–Kier alpha value is -4.04. The van der Waals surface area contributed by atoms with Gasteiger partial charge in [-0.2, -0.15) is 4.98 Å². The molecule has 7 nitrogen and oxygen atoms in total. The van der Waals surface area contributed by atoms with E-state index in [1.165, 1.54) is 0 Å². The summed E-state index contributed by atoms with van der Waals surface area (Å²) in [5.74, 6) is 1.60. The van der Waals surface area contributed by atoms with Crippen molar-refractivity contribution in [3.63, 3.8) is 0 Å². The molecule has 1 aliphatic heterocycles. The summed E-state index contributed by atoms with van der Waals surface area (Å²) in [6.45, 7) is 4.41. The number of hydrogen-bond donors (Lipinski definition) is 1. The molecule has 0 bridgehead atoms. The minimum atomic E-state index is -0.440. The first-order valence-corrected chi connectivity index (χ1v) is 12.9. The van der Waals surface area contributed by atoms with E-state index >= 15 is 0 Å². The number of anilines is 1. The van der Waals surface area contributed by atoms with Gasteiger partial charge < -0.3 is 14.6 Å². The molecule has 1 atom stereocenters. The zero-order valence-electron chi connectivity index (χ0n) is 20.3. The number of nitrogens with one attached hydrogen (secondary N) is 1. The fourth-order valence-corrected chi connectivity index (χ4v) is 4.68. The summed E-state index contributed by atoms with van der Waals surface area (Å²) in [7, 11) is 0. The third-order valence-corrected chi connectivity index (χ3v) is 6.77. The van der Waals surface area contributed by atoms with Gasteiger partial charge in [-0.3, -0.25) is 4.90 Å². The minimum absolute atomic E-state index is 0.235. The standard InChI is InChI=1S/C28H26N4O3S/c1-4-34-22-14-12-21(13-15-22)32-18(2)24(25(29-28(32)33)19-8-6-5-7-9-19)27-30-26(31-35-27)20-10-16-23(36-3)17-11-20/h5-17,25H,4H2,1-3H3,(H,29,33). The van der Waals surface area contributed by atoms with E-state index in [-0.39, 0.29) is 6.03 Å². The van der Waals surface area contributed by atoms with Crippen LogP contribution in [0.4, 0.5) is 10.5 Å². The SMILES string of the molecule is CCOc1ccc(N2C(=O)NC(c3ccccc3)C(c3nc(-c4ccc(SC)cc4)no3)=C2C)cc1. The largest absolute Gasteiger partial charge is 0.494 e. The summed E-state index contributed by atoms with van der Waals surface area (Å²) in [4.78, 5) is 20.9. The summed E-state index contributed by atoms with van der Waals surface area (Å²) in [5.41, 5.74) is 3.96. The third kappa shape index (κ3) is 4.59. The topological polar surface area (TPSA) is 80.5 Å². The van der Waals surface area contributed by atoms with Crippen LogP contribution in [-0.4, -0.2) is 29.0 Å². The van der Waals surface area contributed by atoms with Crippen LogP contribution in [0.25, 0.3) is 17.0 Å². The molecule has 36 heavy (non-hydrogen) atoms. The number of nitrogens with zero attached hydrogens (tertiary/aromatic N) is 3. The fourth-order valence-electron chi connectivity index (χ4n) is 4.27. The van der Waals surface area contributed by atoms with Crippen molar-refractivity contribution in [3.8, 4) is 17.1 Å². The van der Waals surface area contributed by atoms with E-state index in [1.54, 1.807) is 16.7 Å². The quantitative estimate of drug-likeness (QED) is 0.291. The van der Waals surface area contributed by atoms with E-state index in [0.717, 1.165) is 27.3 Å². The smallest absolute Gasteiger partial charge is 0.326 e. The summed E-state index contributed by atoms with van der Waals surface area (Å²) >= 11 is 1.68. The molecule has 0 fully saturated rings. The van der Waals surface area contributed by atoms with Crippen LogP contribution in [-0.2, 0) is 0 Å². The molecule has 182 valence electrons. The highest BCUT2D eigenvalue weighted by molar-refractivity contribution is 7.98. The lowest BCUT2D eigenvalue weighted by atomic mass is 9.94. The van der Waals surface area contributed by atoms with Crippen molar-refractivity contribution < 1.29 is 14.1 Å². The Morgan fingerprint density at radius 1 is 1.03 bits per heavy atom. The Labute approximate surface area is 214 Å². The molecule has 1 unspecified atom stereocenters. The molecule has 1 aromatic heterocycles. The summed E-state index contributed by atoms with van der Waals surface area (Å²) in [5, 5.41) is 7.39. The average Bonchev–Trinajstić information content (AvgIpc) is 3.40. The third-order valence-electron chi connectivity index (χ3n) is 6.03. The molecule has 0 saturated heterocycles. The molecule has 0 aliphatic carbocycles. The number of benzene rings is 3. The lowest BCUT2D eigenvalue weighted by Gasteiger charge is -2.35. The molecule has 1 aliphatic rings. The Balaban J connectivity index is 1.59. The molecule has 1 N–H and O–H groups in total. The van der Waals surface area contributed by atoms with Gasteiger partial charge in [0.1, 0.15) is 5.75 Å². The first-order chi connectivity index (χ1) is 17.6. The highest BCUT2D eigenvalue weighted by atomic mass is 32.2. The van der Waals surface area contributed by atoms with Crippen LogP contribution in [0.3, 0.4) is 0 Å². The van der Waals surface area contributed by atoms with Crippen LogP contribution < -0.4 is 15.0 Å². The van der Waals surface area contributed by atoms with Gasteiger partial charge in [-0.25, -0.2) is 4.79 Å². The summed E-state index contributed by atoms with van der Waals surface area (Å²) in [6.07, 6.45) is 2.04. The van der Waals surface area contributed by atoms with Crippen LogP contribution >= 0.6 is 11.8 Å². The van der Waals surface area contributed by atoms with E-state index in [9.17, 15) is 4.79 Å². The zero-order chi connectivity index (χ0) is 25.1. The van der Waals surface area contributed by atoms with E-state index in [1.807, 2.05) is 99.0 Å². The second-order valence-electron chi connectivity index (χ2n) is 8.21. The van der Waals surface area contributed by atoms with Crippen molar-refractivity contribution in [1.82, 2.24) is 15.5 Å². The molecule has 0 spiro atoms. The number of thioether (sulfide) groups is 1. The summed E-state index contributed by atoms with van der Waals surface area (Å²) < 4.78 is 11.3. The predicted octanol–water partition coefficient (Wildman–Crippen LogP) is 6.56. The van der Waals surface area contributed by atoms with Crippen molar-refractivity contribution in [3.05, 3.63) is 96.0 Å². The van der Waals surface area contributed by atoms with Crippen LogP contribution in [0.2, 0.25) is 0 Å². The van der Waals surface area contributed by atoms with Crippen molar-refractivity contribution >= 4 is 29.1 Å². The highest BCUT2D eigenvalue weighted by Gasteiger charge is 2.36. The maximum Gasteiger partial charge on any atom is 0.326 e. The number of carbonyl (C=O) groups is 1. The second kappa shape index (κ2) is 10.3. The minimum Gasteiger partial charge on any atom is -0.494 e. The first kappa shape index (κ1) is 23.7. The number of allylic oxidation sites excluding steroid dienone is 1. The number of rotatable bonds is 7. The van der Waals surface area contributed by atoms with Crippen LogP contribution in [0.1, 0.15) is 31.3 Å². The highest BCUT2D eigenvalue weighted by Crippen LogP contribution is 2.39. The van der Waals surface area contributed by atoms with Gasteiger partial charge in [-0.05, 0) is 74.2 Å². The molecule has 5 rings (SSSR count). The number of hydrogen-bond acceptors (Lipinski definition) is 6. The van der Waals surface area contributed by atoms with E-state index in [0.29, 0.717) is 29.7 Å². The fraction of sp³-hybridized carbons (Fsp3) is 0.179. The molecule has 4 aromatic rings. The molecule has 2 heterocycles. The van der Waals surface area contributed by atoms with E-state index < -0.39 is 6.04 Å². The van der Waals surface area contributed by atoms with Crippen molar-refractivity contribution in [2.45, 2.75) is 24.8 Å². The van der Waals surface area contributed by atoms with Gasteiger partial charge >= 0.3 is 6.03 Å². The van der Waals surface area contributed by atoms with Gasteiger partial charge in [0, 0.05) is 16.2 Å². The normalized spacial score (nSPS) is 15.7. The van der Waals surface area contributed by atoms with Gasteiger partial charge in [0.05, 0.1) is 23.9 Å². The molecule has 2 amide bonds. The lowest BCUT2D eigenvalue weighted by molar-refractivity contribution is 0.244. The van der Waals surface area contributed by atoms with Crippen molar-refractivity contribution in [2.24, 2.45) is 0 Å². The number of carbonyl (C=O) groups excluding carboxylic acids is 1. The predicted molar refractivity (Wildman–Crippen MR) is 142 cm³/mol. The van der Waals surface area contributed by atoms with Gasteiger partial charge in [0.25, 0.3) is 5.89 Å². The Morgan fingerprint density at radius 2 is 1.75 bits per heavy atom. The number of ether oxygens (including phenoxy) is 1. The van der Waals surface area contributed by atoms with E-state index in [2.05, 4.69) is 10.5 Å². The van der Waals surface area contributed by atoms with Gasteiger partial charge in [-0.15, -0.1) is 11.8 Å². The van der Waals surface area contributed by atoms with Gasteiger partial charge in [-0.1, -0.05) is 35.5 Å². The molecule has 0 saturated carbocycles. The van der Waals surface area contributed by atoms with Gasteiger partial charge in [0.2, 0.25) is 5.82 Å². The van der Waals surface area contributed by atoms with Crippen LogP contribution in [0.5, 0.6) is 5.75 Å². The van der Waals surface area contributed by atoms with Crippen LogP contribution in [0.15, 0.2) is 94.0 Å². The maximum absolute atomic E-state index is 13.3.